The van der Waals surface area contributed by atoms with E-state index in [4.69, 9.17) is 0 Å². The van der Waals surface area contributed by atoms with Crippen LogP contribution in [0.1, 0.15) is 39.5 Å². The molecule has 3 nitrogen and oxygen atoms in total. The van der Waals surface area contributed by atoms with Crippen LogP contribution in [0.25, 0.3) is 0 Å². The lowest BCUT2D eigenvalue weighted by Gasteiger charge is -2.33. The number of hydrogen-bond donors (Lipinski definition) is 1. The zero-order valence-electron chi connectivity index (χ0n) is 11.1. The van der Waals surface area contributed by atoms with Crippen LogP contribution in [0.5, 0.6) is 0 Å². The number of amides is 1. The summed E-state index contributed by atoms with van der Waals surface area (Å²) in [6.07, 6.45) is 4.52. The maximum atomic E-state index is 11.4. The summed E-state index contributed by atoms with van der Waals surface area (Å²) in [5.41, 5.74) is 0. The fourth-order valence-electron chi connectivity index (χ4n) is 2.56. The first-order chi connectivity index (χ1) is 7.50. The molecule has 1 aliphatic rings. The normalized spacial score (nSPS) is 30.1. The molecule has 0 spiro atoms. The van der Waals surface area contributed by atoms with Gasteiger partial charge in [-0.05, 0) is 31.1 Å². The highest BCUT2D eigenvalue weighted by Gasteiger charge is 2.24. The lowest BCUT2D eigenvalue weighted by Crippen LogP contribution is -2.40. The number of carbonyl (C=O) groups is 1. The maximum absolute atomic E-state index is 11.4. The Morgan fingerprint density at radius 2 is 2.00 bits per heavy atom. The maximum Gasteiger partial charge on any atom is 0.223 e. The first-order valence-corrected chi connectivity index (χ1v) is 6.44. The van der Waals surface area contributed by atoms with Gasteiger partial charge in [-0.2, -0.15) is 0 Å². The molecule has 0 aromatic carbocycles. The summed E-state index contributed by atoms with van der Waals surface area (Å²) in [7, 11) is 3.63. The van der Waals surface area contributed by atoms with Gasteiger partial charge < -0.3 is 10.2 Å². The summed E-state index contributed by atoms with van der Waals surface area (Å²) in [5, 5.41) is 3.53. The Bertz CT molecular complexity index is 228. The Balaban J connectivity index is 2.20. The third-order valence-electron chi connectivity index (χ3n) is 3.68. The van der Waals surface area contributed by atoms with E-state index in [0.717, 1.165) is 18.4 Å². The van der Waals surface area contributed by atoms with Gasteiger partial charge in [-0.15, -0.1) is 0 Å². The Hall–Kier alpha value is -0.570. The lowest BCUT2D eigenvalue weighted by atomic mass is 9.80. The summed E-state index contributed by atoms with van der Waals surface area (Å²) < 4.78 is 0. The van der Waals surface area contributed by atoms with Crippen molar-refractivity contribution >= 4 is 5.91 Å². The van der Waals surface area contributed by atoms with Crippen LogP contribution < -0.4 is 5.32 Å². The molecule has 1 aliphatic carbocycles. The second-order valence-corrected chi connectivity index (χ2v) is 5.49. The number of carbonyl (C=O) groups excluding carboxylic acids is 1. The highest BCUT2D eigenvalue weighted by atomic mass is 16.2. The fourth-order valence-corrected chi connectivity index (χ4v) is 2.56. The molecule has 0 aliphatic heterocycles. The largest absolute Gasteiger partial charge is 0.349 e. The predicted molar refractivity (Wildman–Crippen MR) is 67.3 cm³/mol. The average Bonchev–Trinajstić information content (AvgIpc) is 2.20. The molecule has 1 fully saturated rings. The van der Waals surface area contributed by atoms with Crippen LogP contribution in [0.4, 0.5) is 0 Å². The molecule has 0 radical (unpaired) electrons. The van der Waals surface area contributed by atoms with E-state index < -0.39 is 0 Å². The van der Waals surface area contributed by atoms with Crippen molar-refractivity contribution in [1.29, 1.82) is 0 Å². The van der Waals surface area contributed by atoms with Crippen molar-refractivity contribution in [1.82, 2.24) is 10.2 Å². The second kappa shape index (κ2) is 6.24. The third kappa shape index (κ3) is 4.12. The van der Waals surface area contributed by atoms with E-state index in [-0.39, 0.29) is 5.91 Å². The molecule has 3 unspecified atom stereocenters. The summed E-state index contributed by atoms with van der Waals surface area (Å²) in [5.74, 6) is 1.83. The molecule has 0 heterocycles. The smallest absolute Gasteiger partial charge is 0.223 e. The van der Waals surface area contributed by atoms with Gasteiger partial charge in [0, 0.05) is 33.1 Å². The number of hydrogen-bond acceptors (Lipinski definition) is 2. The number of nitrogens with one attached hydrogen (secondary N) is 1. The first kappa shape index (κ1) is 13.5. The summed E-state index contributed by atoms with van der Waals surface area (Å²) in [6, 6.07) is 0.617. The Morgan fingerprint density at radius 3 is 2.56 bits per heavy atom. The molecule has 0 aromatic rings. The standard InChI is InChI=1S/C13H26N2O/c1-10-5-6-12(11(2)9-10)14-8-7-13(16)15(3)4/h10-12,14H,5-9H2,1-4H3. The van der Waals surface area contributed by atoms with Crippen LogP contribution in [0.15, 0.2) is 0 Å². The molecule has 1 rings (SSSR count). The molecule has 3 atom stereocenters. The van der Waals surface area contributed by atoms with E-state index in [1.807, 2.05) is 14.1 Å². The van der Waals surface area contributed by atoms with Crippen molar-refractivity contribution in [3.05, 3.63) is 0 Å². The van der Waals surface area contributed by atoms with Crippen molar-refractivity contribution in [3.63, 3.8) is 0 Å². The summed E-state index contributed by atoms with van der Waals surface area (Å²) >= 11 is 0. The molecule has 1 amide bonds. The average molecular weight is 226 g/mol. The van der Waals surface area contributed by atoms with Gasteiger partial charge in [0.25, 0.3) is 0 Å². The Morgan fingerprint density at radius 1 is 1.31 bits per heavy atom. The van der Waals surface area contributed by atoms with Crippen molar-refractivity contribution in [2.24, 2.45) is 11.8 Å². The van der Waals surface area contributed by atoms with Gasteiger partial charge >= 0.3 is 0 Å². The highest BCUT2D eigenvalue weighted by molar-refractivity contribution is 5.75. The molecule has 0 bridgehead atoms. The zero-order valence-corrected chi connectivity index (χ0v) is 11.1. The second-order valence-electron chi connectivity index (χ2n) is 5.49. The van der Waals surface area contributed by atoms with Gasteiger partial charge in [-0.25, -0.2) is 0 Å². The minimum Gasteiger partial charge on any atom is -0.349 e. The summed E-state index contributed by atoms with van der Waals surface area (Å²) in [4.78, 5) is 13.1. The monoisotopic (exact) mass is 226 g/mol. The number of rotatable bonds is 4. The van der Waals surface area contributed by atoms with Crippen LogP contribution in [-0.4, -0.2) is 37.5 Å². The van der Waals surface area contributed by atoms with E-state index >= 15 is 0 Å². The van der Waals surface area contributed by atoms with Gasteiger partial charge in [0.1, 0.15) is 0 Å². The van der Waals surface area contributed by atoms with Crippen molar-refractivity contribution in [2.45, 2.75) is 45.6 Å². The van der Waals surface area contributed by atoms with Gasteiger partial charge in [0.05, 0.1) is 0 Å². The van der Waals surface area contributed by atoms with E-state index in [0.29, 0.717) is 12.5 Å². The minimum absolute atomic E-state index is 0.212. The molecule has 1 N–H and O–H groups in total. The molecular formula is C13H26N2O. The Kier molecular flexibility index (Phi) is 5.26. The summed E-state index contributed by atoms with van der Waals surface area (Å²) in [6.45, 7) is 5.48. The SMILES string of the molecule is CC1CCC(NCCC(=O)N(C)C)C(C)C1. The number of nitrogens with zero attached hydrogens (tertiary/aromatic N) is 1. The molecule has 16 heavy (non-hydrogen) atoms. The van der Waals surface area contributed by atoms with Gasteiger partial charge in [0.15, 0.2) is 0 Å². The Labute approximate surface area is 99.6 Å². The topological polar surface area (TPSA) is 32.3 Å². The molecule has 94 valence electrons. The van der Waals surface area contributed by atoms with Crippen LogP contribution in [0, 0.1) is 11.8 Å². The van der Waals surface area contributed by atoms with E-state index in [1.165, 1.54) is 19.3 Å². The molecular weight excluding hydrogens is 200 g/mol. The molecule has 3 heteroatoms. The fraction of sp³-hybridized carbons (Fsp3) is 0.923. The van der Waals surface area contributed by atoms with Crippen molar-refractivity contribution < 1.29 is 4.79 Å². The molecule has 0 aromatic heterocycles. The van der Waals surface area contributed by atoms with E-state index in [2.05, 4.69) is 19.2 Å². The quantitative estimate of drug-likeness (QED) is 0.794. The van der Waals surface area contributed by atoms with Gasteiger partial charge in [-0.3, -0.25) is 4.79 Å². The highest BCUT2D eigenvalue weighted by Crippen LogP contribution is 2.28. The van der Waals surface area contributed by atoms with Crippen LogP contribution in [0.3, 0.4) is 0 Å². The van der Waals surface area contributed by atoms with Gasteiger partial charge in [0.2, 0.25) is 5.91 Å². The molecule has 0 saturated heterocycles. The minimum atomic E-state index is 0.212. The zero-order chi connectivity index (χ0) is 12.1. The molecule has 1 saturated carbocycles. The van der Waals surface area contributed by atoms with E-state index in [9.17, 15) is 4.79 Å². The predicted octanol–water partition coefficient (Wildman–Crippen LogP) is 1.88. The van der Waals surface area contributed by atoms with Crippen LogP contribution in [-0.2, 0) is 4.79 Å². The van der Waals surface area contributed by atoms with Crippen LogP contribution >= 0.6 is 0 Å². The lowest BCUT2D eigenvalue weighted by molar-refractivity contribution is -0.128. The van der Waals surface area contributed by atoms with Gasteiger partial charge in [-0.1, -0.05) is 13.8 Å². The first-order valence-electron chi connectivity index (χ1n) is 6.44. The van der Waals surface area contributed by atoms with Crippen LogP contribution in [0.2, 0.25) is 0 Å². The van der Waals surface area contributed by atoms with Crippen molar-refractivity contribution in [2.75, 3.05) is 20.6 Å². The van der Waals surface area contributed by atoms with Crippen molar-refractivity contribution in [3.8, 4) is 0 Å². The van der Waals surface area contributed by atoms with E-state index in [1.54, 1.807) is 4.90 Å². The third-order valence-corrected chi connectivity index (χ3v) is 3.68.